The molecule has 0 bridgehead atoms. The van der Waals surface area contributed by atoms with Crippen LogP contribution in [0.5, 0.6) is 0 Å². The highest BCUT2D eigenvalue weighted by molar-refractivity contribution is 9.11. The summed E-state index contributed by atoms with van der Waals surface area (Å²) < 4.78 is 1.97. The van der Waals surface area contributed by atoms with Gasteiger partial charge in [0.2, 0.25) is 0 Å². The predicted octanol–water partition coefficient (Wildman–Crippen LogP) is 6.25. The Morgan fingerprint density at radius 1 is 1.12 bits per heavy atom. The van der Waals surface area contributed by atoms with Crippen molar-refractivity contribution in [2.24, 2.45) is 0 Å². The SMILES string of the molecule is Clc1cc(C(Cl)c2ccc(Br)cc2)sc1Br. The Morgan fingerprint density at radius 3 is 2.25 bits per heavy atom. The average Bonchev–Trinajstić information content (AvgIpc) is 2.59. The summed E-state index contributed by atoms with van der Waals surface area (Å²) in [6.07, 6.45) is 0. The summed E-state index contributed by atoms with van der Waals surface area (Å²) in [7, 11) is 0. The molecular formula is C11H6Br2Cl2S. The quantitative estimate of drug-likeness (QED) is 0.522. The van der Waals surface area contributed by atoms with Gasteiger partial charge in [-0.05, 0) is 39.7 Å². The largest absolute Gasteiger partial charge is 0.130 e. The summed E-state index contributed by atoms with van der Waals surface area (Å²) in [4.78, 5) is 1.04. The molecule has 84 valence electrons. The molecule has 0 nitrogen and oxygen atoms in total. The van der Waals surface area contributed by atoms with Crippen molar-refractivity contribution in [3.05, 3.63) is 54.1 Å². The van der Waals surface area contributed by atoms with Gasteiger partial charge in [-0.25, -0.2) is 0 Å². The zero-order valence-electron chi connectivity index (χ0n) is 7.88. The smallest absolute Gasteiger partial charge is 0.0928 e. The highest BCUT2D eigenvalue weighted by Gasteiger charge is 2.15. The van der Waals surface area contributed by atoms with Gasteiger partial charge in [0.05, 0.1) is 14.2 Å². The Labute approximate surface area is 125 Å². The molecule has 0 fully saturated rings. The molecule has 1 aromatic heterocycles. The summed E-state index contributed by atoms with van der Waals surface area (Å²) in [5.74, 6) is 0. The van der Waals surface area contributed by atoms with Gasteiger partial charge in [0, 0.05) is 9.35 Å². The Hall–Kier alpha value is 0.460. The molecule has 0 radical (unpaired) electrons. The Bertz CT molecular complexity index is 474. The Balaban J connectivity index is 2.31. The van der Waals surface area contributed by atoms with E-state index in [0.717, 1.165) is 18.7 Å². The van der Waals surface area contributed by atoms with Crippen molar-refractivity contribution < 1.29 is 0 Å². The topological polar surface area (TPSA) is 0 Å². The van der Waals surface area contributed by atoms with Crippen molar-refractivity contribution in [3.63, 3.8) is 0 Å². The zero-order chi connectivity index (χ0) is 11.7. The lowest BCUT2D eigenvalue weighted by Crippen LogP contribution is -1.88. The number of rotatable bonds is 2. The average molecular weight is 401 g/mol. The first kappa shape index (κ1) is 12.9. The van der Waals surface area contributed by atoms with Crippen LogP contribution in [0.1, 0.15) is 15.8 Å². The monoisotopic (exact) mass is 398 g/mol. The van der Waals surface area contributed by atoms with Gasteiger partial charge in [-0.2, -0.15) is 0 Å². The van der Waals surface area contributed by atoms with E-state index in [1.807, 2.05) is 30.3 Å². The van der Waals surface area contributed by atoms with E-state index in [2.05, 4.69) is 31.9 Å². The molecular weight excluding hydrogens is 395 g/mol. The lowest BCUT2D eigenvalue weighted by Gasteiger charge is -2.07. The normalized spacial score (nSPS) is 12.8. The van der Waals surface area contributed by atoms with Crippen LogP contribution in [0.15, 0.2) is 38.6 Å². The van der Waals surface area contributed by atoms with Gasteiger partial charge < -0.3 is 0 Å². The number of halogens is 4. The predicted molar refractivity (Wildman–Crippen MR) is 78.9 cm³/mol. The van der Waals surface area contributed by atoms with Crippen LogP contribution in [0.4, 0.5) is 0 Å². The minimum atomic E-state index is -0.151. The molecule has 0 aliphatic rings. The minimum absolute atomic E-state index is 0.151. The molecule has 1 atom stereocenters. The van der Waals surface area contributed by atoms with E-state index in [0.29, 0.717) is 5.02 Å². The number of alkyl halides is 1. The maximum absolute atomic E-state index is 6.38. The van der Waals surface area contributed by atoms with Crippen molar-refractivity contribution in [2.45, 2.75) is 5.38 Å². The zero-order valence-corrected chi connectivity index (χ0v) is 13.4. The molecule has 0 N–H and O–H groups in total. The van der Waals surface area contributed by atoms with E-state index >= 15 is 0 Å². The van der Waals surface area contributed by atoms with Crippen LogP contribution >= 0.6 is 66.4 Å². The van der Waals surface area contributed by atoms with Crippen LogP contribution in [0.3, 0.4) is 0 Å². The van der Waals surface area contributed by atoms with Crippen LogP contribution in [-0.4, -0.2) is 0 Å². The molecule has 1 aromatic carbocycles. The van der Waals surface area contributed by atoms with Crippen LogP contribution in [0, 0.1) is 0 Å². The second-order valence-corrected chi connectivity index (χ2v) is 7.35. The number of hydrogen-bond donors (Lipinski definition) is 0. The summed E-state index contributed by atoms with van der Waals surface area (Å²) in [5, 5.41) is 0.560. The summed E-state index contributed by atoms with van der Waals surface area (Å²) in [6, 6.07) is 9.87. The fourth-order valence-electron chi connectivity index (χ4n) is 1.28. The maximum atomic E-state index is 6.38. The highest BCUT2D eigenvalue weighted by atomic mass is 79.9. The molecule has 2 aromatic rings. The third kappa shape index (κ3) is 2.82. The second kappa shape index (κ2) is 5.40. The lowest BCUT2D eigenvalue weighted by atomic mass is 10.1. The van der Waals surface area contributed by atoms with E-state index < -0.39 is 0 Å². The van der Waals surface area contributed by atoms with Crippen molar-refractivity contribution in [1.82, 2.24) is 0 Å². The van der Waals surface area contributed by atoms with Crippen LogP contribution in [-0.2, 0) is 0 Å². The molecule has 16 heavy (non-hydrogen) atoms. The van der Waals surface area contributed by atoms with Gasteiger partial charge in [0.1, 0.15) is 0 Å². The molecule has 1 heterocycles. The van der Waals surface area contributed by atoms with Crippen LogP contribution in [0.2, 0.25) is 5.02 Å². The standard InChI is InChI=1S/C11H6Br2Cl2S/c12-7-3-1-6(2-4-7)10(15)9-5-8(14)11(13)16-9/h1-5,10H. The first-order chi connectivity index (χ1) is 7.58. The molecule has 0 aliphatic carbocycles. The Morgan fingerprint density at radius 2 is 1.75 bits per heavy atom. The van der Waals surface area contributed by atoms with Crippen molar-refractivity contribution >= 4 is 66.4 Å². The van der Waals surface area contributed by atoms with E-state index in [9.17, 15) is 0 Å². The molecule has 5 heteroatoms. The van der Waals surface area contributed by atoms with Gasteiger partial charge >= 0.3 is 0 Å². The highest BCUT2D eigenvalue weighted by Crippen LogP contribution is 2.40. The molecule has 1 unspecified atom stereocenters. The molecule has 0 amide bonds. The van der Waals surface area contributed by atoms with Gasteiger partial charge in [-0.15, -0.1) is 22.9 Å². The van der Waals surface area contributed by atoms with E-state index in [1.54, 1.807) is 11.3 Å². The molecule has 2 rings (SSSR count). The fourth-order valence-corrected chi connectivity index (χ4v) is 3.64. The molecule has 0 aliphatic heterocycles. The first-order valence-corrected chi connectivity index (χ1v) is 7.64. The third-order valence-corrected chi connectivity index (χ3v) is 5.76. The van der Waals surface area contributed by atoms with Crippen molar-refractivity contribution in [1.29, 1.82) is 0 Å². The summed E-state index contributed by atoms with van der Waals surface area (Å²) >= 11 is 20.7. The van der Waals surface area contributed by atoms with Crippen molar-refractivity contribution in [2.75, 3.05) is 0 Å². The van der Waals surface area contributed by atoms with E-state index in [-0.39, 0.29) is 5.38 Å². The van der Waals surface area contributed by atoms with Crippen LogP contribution in [0.25, 0.3) is 0 Å². The number of benzene rings is 1. The first-order valence-electron chi connectivity index (χ1n) is 4.42. The van der Waals surface area contributed by atoms with Crippen LogP contribution < -0.4 is 0 Å². The van der Waals surface area contributed by atoms with Gasteiger partial charge in [-0.1, -0.05) is 39.7 Å². The molecule has 0 saturated carbocycles. The minimum Gasteiger partial charge on any atom is -0.130 e. The lowest BCUT2D eigenvalue weighted by molar-refractivity contribution is 1.18. The van der Waals surface area contributed by atoms with Gasteiger partial charge in [0.15, 0.2) is 0 Å². The maximum Gasteiger partial charge on any atom is 0.0928 e. The molecule has 0 saturated heterocycles. The van der Waals surface area contributed by atoms with Gasteiger partial charge in [-0.3, -0.25) is 0 Å². The number of thiophene rings is 1. The van der Waals surface area contributed by atoms with E-state index in [1.165, 1.54) is 0 Å². The van der Waals surface area contributed by atoms with Gasteiger partial charge in [0.25, 0.3) is 0 Å². The second-order valence-electron chi connectivity index (χ2n) is 3.18. The third-order valence-electron chi connectivity index (χ3n) is 2.08. The Kier molecular flexibility index (Phi) is 4.36. The fraction of sp³-hybridized carbons (Fsp3) is 0.0909. The number of hydrogen-bond acceptors (Lipinski definition) is 1. The summed E-state index contributed by atoms with van der Waals surface area (Å²) in [6.45, 7) is 0. The van der Waals surface area contributed by atoms with Crippen molar-refractivity contribution in [3.8, 4) is 0 Å². The summed E-state index contributed by atoms with van der Waals surface area (Å²) in [5.41, 5.74) is 1.07. The molecule has 0 spiro atoms. The van der Waals surface area contributed by atoms with E-state index in [4.69, 9.17) is 23.2 Å².